The van der Waals surface area contributed by atoms with E-state index in [9.17, 15) is 13.2 Å². The Morgan fingerprint density at radius 3 is 2.75 bits per heavy atom. The summed E-state index contributed by atoms with van der Waals surface area (Å²) in [5.41, 5.74) is 1.72. The van der Waals surface area contributed by atoms with E-state index in [2.05, 4.69) is 20.1 Å². The van der Waals surface area contributed by atoms with Crippen molar-refractivity contribution in [1.82, 2.24) is 14.8 Å². The minimum absolute atomic E-state index is 0.0290. The van der Waals surface area contributed by atoms with Crippen molar-refractivity contribution in [3.63, 3.8) is 0 Å². The third-order valence-corrected chi connectivity index (χ3v) is 8.46. The second-order valence-corrected chi connectivity index (χ2v) is 10.9. The fourth-order valence-corrected chi connectivity index (χ4v) is 7.13. The Balaban J connectivity index is 1.35. The van der Waals surface area contributed by atoms with Gasteiger partial charge >= 0.3 is 0 Å². The van der Waals surface area contributed by atoms with Crippen LogP contribution in [-0.4, -0.2) is 51.6 Å². The van der Waals surface area contributed by atoms with E-state index in [0.29, 0.717) is 6.42 Å². The lowest BCUT2D eigenvalue weighted by Gasteiger charge is -2.10. The summed E-state index contributed by atoms with van der Waals surface area (Å²) in [5.74, 6) is 2.50. The predicted molar refractivity (Wildman–Crippen MR) is 111 cm³/mol. The summed E-state index contributed by atoms with van der Waals surface area (Å²) in [6.45, 7) is 0.949. The number of hydrogen-bond donors (Lipinski definition) is 1. The summed E-state index contributed by atoms with van der Waals surface area (Å²) < 4.78 is 25.2. The van der Waals surface area contributed by atoms with E-state index in [1.165, 1.54) is 18.2 Å². The number of amides is 1. The Morgan fingerprint density at radius 1 is 1.18 bits per heavy atom. The van der Waals surface area contributed by atoms with Gasteiger partial charge in [0.25, 0.3) is 0 Å². The molecule has 1 amide bonds. The predicted octanol–water partition coefficient (Wildman–Crippen LogP) is 2.53. The van der Waals surface area contributed by atoms with E-state index in [0.717, 1.165) is 48.7 Å². The zero-order valence-corrected chi connectivity index (χ0v) is 17.3. The molecule has 1 aromatic carbocycles. The monoisotopic (exact) mass is 420 g/mol. The number of carbonyl (C=O) groups excluding carboxylic acids is 1. The van der Waals surface area contributed by atoms with Crippen molar-refractivity contribution in [3.8, 4) is 11.4 Å². The van der Waals surface area contributed by atoms with Crippen LogP contribution in [0.3, 0.4) is 0 Å². The molecule has 4 rings (SSSR count). The second kappa shape index (κ2) is 8.24. The average Bonchev–Trinajstić information content (AvgIpc) is 3.15. The fourth-order valence-electron chi connectivity index (χ4n) is 3.68. The van der Waals surface area contributed by atoms with E-state index < -0.39 is 9.84 Å². The molecule has 2 aliphatic heterocycles. The van der Waals surface area contributed by atoms with Gasteiger partial charge in [-0.05, 0) is 43.5 Å². The third kappa shape index (κ3) is 4.57. The molecule has 2 aromatic rings. The van der Waals surface area contributed by atoms with Crippen LogP contribution in [0, 0.1) is 0 Å². The zero-order chi connectivity index (χ0) is 19.6. The molecule has 1 saturated heterocycles. The molecule has 0 bridgehead atoms. The first-order valence-corrected chi connectivity index (χ1v) is 12.5. The Kier molecular flexibility index (Phi) is 5.73. The summed E-state index contributed by atoms with van der Waals surface area (Å²) >= 11 is 1.42. The molecule has 2 aliphatic rings. The van der Waals surface area contributed by atoms with Gasteiger partial charge in [-0.15, -0.1) is 22.0 Å². The van der Waals surface area contributed by atoms with Crippen molar-refractivity contribution in [2.45, 2.75) is 43.9 Å². The number of aromatic nitrogens is 3. The highest BCUT2D eigenvalue weighted by Gasteiger charge is 2.28. The number of nitrogens with zero attached hydrogens (tertiary/aromatic N) is 3. The second-order valence-electron chi connectivity index (χ2n) is 7.36. The average molecular weight is 421 g/mol. The first kappa shape index (κ1) is 19.4. The molecule has 0 saturated carbocycles. The number of rotatable bonds is 5. The molecular weight excluding hydrogens is 396 g/mol. The maximum Gasteiger partial charge on any atom is 0.234 e. The van der Waals surface area contributed by atoms with Crippen LogP contribution in [0.1, 0.15) is 31.5 Å². The van der Waals surface area contributed by atoms with Gasteiger partial charge in [0.15, 0.2) is 15.7 Å². The maximum absolute atomic E-state index is 12.2. The van der Waals surface area contributed by atoms with Crippen LogP contribution in [0.2, 0.25) is 0 Å². The summed E-state index contributed by atoms with van der Waals surface area (Å²) in [4.78, 5) is 12.2. The number of carbonyl (C=O) groups is 1. The quantitative estimate of drug-likeness (QED) is 0.799. The van der Waals surface area contributed by atoms with Crippen LogP contribution in [0.25, 0.3) is 11.4 Å². The number of hydrogen-bond acceptors (Lipinski definition) is 6. The molecule has 7 nitrogen and oxygen atoms in total. The van der Waals surface area contributed by atoms with Gasteiger partial charge in [0.2, 0.25) is 5.91 Å². The molecule has 0 radical (unpaired) electrons. The lowest BCUT2D eigenvalue weighted by Crippen LogP contribution is -2.17. The van der Waals surface area contributed by atoms with Crippen LogP contribution in [0.5, 0.6) is 0 Å². The molecule has 0 aliphatic carbocycles. The van der Waals surface area contributed by atoms with Crippen molar-refractivity contribution in [2.24, 2.45) is 0 Å². The molecule has 1 aromatic heterocycles. The standard InChI is InChI=1S/C19H24N4O3S2/c24-18(12-27-16-9-11-28(25,26)13-16)20-15-7-5-14(6-8-15)19-22-21-17-4-2-1-3-10-23(17)19/h5-8,16H,1-4,9-13H2,(H,20,24)/t16-/m0/s1. The molecule has 0 spiro atoms. The molecule has 9 heteroatoms. The topological polar surface area (TPSA) is 93.9 Å². The van der Waals surface area contributed by atoms with E-state index in [1.807, 2.05) is 24.3 Å². The lowest BCUT2D eigenvalue weighted by atomic mass is 10.2. The fraction of sp³-hybridized carbons (Fsp3) is 0.526. The van der Waals surface area contributed by atoms with Gasteiger partial charge in [0.05, 0.1) is 17.3 Å². The van der Waals surface area contributed by atoms with Gasteiger partial charge in [-0.1, -0.05) is 6.42 Å². The van der Waals surface area contributed by atoms with Crippen molar-refractivity contribution < 1.29 is 13.2 Å². The van der Waals surface area contributed by atoms with Gasteiger partial charge < -0.3 is 9.88 Å². The molecule has 150 valence electrons. The largest absolute Gasteiger partial charge is 0.325 e. The summed E-state index contributed by atoms with van der Waals surface area (Å²) in [5, 5.41) is 11.6. The highest BCUT2D eigenvalue weighted by molar-refractivity contribution is 8.02. The van der Waals surface area contributed by atoms with Crippen molar-refractivity contribution in [1.29, 1.82) is 0 Å². The Morgan fingerprint density at radius 2 is 2.00 bits per heavy atom. The number of nitrogens with one attached hydrogen (secondary N) is 1. The zero-order valence-electron chi connectivity index (χ0n) is 15.6. The van der Waals surface area contributed by atoms with E-state index >= 15 is 0 Å². The van der Waals surface area contributed by atoms with E-state index in [4.69, 9.17) is 0 Å². The first-order chi connectivity index (χ1) is 13.5. The van der Waals surface area contributed by atoms with Gasteiger partial charge in [-0.2, -0.15) is 0 Å². The Hall–Kier alpha value is -1.87. The Labute approximate surface area is 169 Å². The molecule has 1 atom stereocenters. The molecule has 1 N–H and O–H groups in total. The maximum atomic E-state index is 12.2. The minimum Gasteiger partial charge on any atom is -0.325 e. The molecule has 0 unspecified atom stereocenters. The number of sulfone groups is 1. The van der Waals surface area contributed by atoms with Gasteiger partial charge in [-0.3, -0.25) is 4.79 Å². The number of benzene rings is 1. The number of fused-ring (bicyclic) bond motifs is 1. The van der Waals surface area contributed by atoms with Crippen LogP contribution in [-0.2, 0) is 27.6 Å². The van der Waals surface area contributed by atoms with Crippen molar-refractivity contribution in [2.75, 3.05) is 22.6 Å². The molecule has 1 fully saturated rings. The van der Waals surface area contributed by atoms with Gasteiger partial charge in [0, 0.05) is 29.5 Å². The normalized spacial score (nSPS) is 21.1. The van der Waals surface area contributed by atoms with Crippen LogP contribution in [0.15, 0.2) is 24.3 Å². The smallest absolute Gasteiger partial charge is 0.234 e. The van der Waals surface area contributed by atoms with E-state index in [1.54, 1.807) is 0 Å². The highest BCUT2D eigenvalue weighted by atomic mass is 32.2. The van der Waals surface area contributed by atoms with Gasteiger partial charge in [-0.25, -0.2) is 8.42 Å². The molecular formula is C19H24N4O3S2. The third-order valence-electron chi connectivity index (χ3n) is 5.18. The van der Waals surface area contributed by atoms with Crippen LogP contribution >= 0.6 is 11.8 Å². The van der Waals surface area contributed by atoms with E-state index in [-0.39, 0.29) is 28.4 Å². The number of thioether (sulfide) groups is 1. The minimum atomic E-state index is -2.90. The van der Waals surface area contributed by atoms with Crippen molar-refractivity contribution >= 4 is 33.2 Å². The molecule has 28 heavy (non-hydrogen) atoms. The Bertz CT molecular complexity index is 954. The van der Waals surface area contributed by atoms with Crippen molar-refractivity contribution in [3.05, 3.63) is 30.1 Å². The van der Waals surface area contributed by atoms with Crippen LogP contribution in [0.4, 0.5) is 5.69 Å². The first-order valence-electron chi connectivity index (χ1n) is 9.64. The lowest BCUT2D eigenvalue weighted by molar-refractivity contribution is -0.113. The SMILES string of the molecule is O=C(CS[C@H]1CCS(=O)(=O)C1)Nc1ccc(-c2nnc3n2CCCCC3)cc1. The number of anilines is 1. The number of aryl methyl sites for hydroxylation is 1. The summed E-state index contributed by atoms with van der Waals surface area (Å²) in [6.07, 6.45) is 5.14. The van der Waals surface area contributed by atoms with Gasteiger partial charge in [0.1, 0.15) is 5.82 Å². The molecule has 3 heterocycles. The summed E-state index contributed by atoms with van der Waals surface area (Å²) in [7, 11) is -2.90. The van der Waals surface area contributed by atoms with Crippen LogP contribution < -0.4 is 5.32 Å². The highest BCUT2D eigenvalue weighted by Crippen LogP contribution is 2.26. The summed E-state index contributed by atoms with van der Waals surface area (Å²) in [6, 6.07) is 7.65.